The minimum absolute atomic E-state index is 0.183. The largest absolute Gasteiger partial charge is 0.321 e. The van der Waals surface area contributed by atoms with E-state index in [0.717, 1.165) is 5.69 Å². The lowest BCUT2D eigenvalue weighted by atomic mass is 10.1. The van der Waals surface area contributed by atoms with Gasteiger partial charge in [-0.3, -0.25) is 4.79 Å². The molecule has 0 radical (unpaired) electrons. The van der Waals surface area contributed by atoms with Gasteiger partial charge in [-0.2, -0.15) is 5.26 Å². The molecule has 182 valence electrons. The summed E-state index contributed by atoms with van der Waals surface area (Å²) >= 11 is 0. The molecule has 1 heterocycles. The van der Waals surface area contributed by atoms with Crippen molar-refractivity contribution in [3.05, 3.63) is 96.6 Å². The number of benzene rings is 3. The summed E-state index contributed by atoms with van der Waals surface area (Å²) in [7, 11) is -3.74. The highest BCUT2D eigenvalue weighted by atomic mass is 32.2. The third-order valence-electron chi connectivity index (χ3n) is 5.16. The Bertz CT molecular complexity index is 1560. The van der Waals surface area contributed by atoms with Crippen molar-refractivity contribution >= 4 is 21.6 Å². The molecular weight excluding hydrogens is 474 g/mol. The zero-order chi connectivity index (χ0) is 25.9. The molecule has 0 fully saturated rings. The maximum Gasteiger partial charge on any atom is 0.275 e. The normalized spacial score (nSPS) is 11.6. The van der Waals surface area contributed by atoms with Crippen LogP contribution in [-0.2, 0) is 10.0 Å². The monoisotopic (exact) mass is 499 g/mol. The fourth-order valence-electron chi connectivity index (χ4n) is 3.64. The molecule has 8 nitrogen and oxygen atoms in total. The lowest BCUT2D eigenvalue weighted by Crippen LogP contribution is -2.40. The van der Waals surface area contributed by atoms with Gasteiger partial charge in [-0.15, -0.1) is 0 Å². The van der Waals surface area contributed by atoms with Crippen LogP contribution in [-0.4, -0.2) is 29.4 Å². The number of nitrogens with zero attached hydrogens (tertiary/aromatic N) is 3. The van der Waals surface area contributed by atoms with Gasteiger partial charge in [-0.1, -0.05) is 36.4 Å². The van der Waals surface area contributed by atoms with Crippen LogP contribution in [0.3, 0.4) is 0 Å². The van der Waals surface area contributed by atoms with E-state index < -0.39 is 21.5 Å². The summed E-state index contributed by atoms with van der Waals surface area (Å²) in [5.41, 5.74) is 2.63. The number of imidazole rings is 1. The SMILES string of the molecule is CC(C)(C)NS(=O)(=O)c1ccccc1-c1ccc(NC(=O)c2cn(-c3cccc(C#N)c3)cn2)cc1. The summed E-state index contributed by atoms with van der Waals surface area (Å²) in [6.45, 7) is 5.37. The summed E-state index contributed by atoms with van der Waals surface area (Å²) in [4.78, 5) is 17.1. The lowest BCUT2D eigenvalue weighted by molar-refractivity contribution is 0.102. The van der Waals surface area contributed by atoms with Gasteiger partial charge in [0.2, 0.25) is 10.0 Å². The van der Waals surface area contributed by atoms with Crippen molar-refractivity contribution in [2.75, 3.05) is 5.32 Å². The van der Waals surface area contributed by atoms with E-state index in [1.165, 1.54) is 6.33 Å². The number of rotatable bonds is 6. The molecule has 9 heteroatoms. The molecule has 0 bridgehead atoms. The predicted molar refractivity (Wildman–Crippen MR) is 138 cm³/mol. The van der Waals surface area contributed by atoms with Crippen LogP contribution < -0.4 is 10.0 Å². The Morgan fingerprint density at radius 3 is 2.42 bits per heavy atom. The summed E-state index contributed by atoms with van der Waals surface area (Å²) in [6, 6.07) is 22.8. The molecule has 0 saturated carbocycles. The second kappa shape index (κ2) is 9.77. The topological polar surface area (TPSA) is 117 Å². The van der Waals surface area contributed by atoms with Crippen molar-refractivity contribution in [1.82, 2.24) is 14.3 Å². The van der Waals surface area contributed by atoms with Crippen molar-refractivity contribution in [3.63, 3.8) is 0 Å². The van der Waals surface area contributed by atoms with Crippen molar-refractivity contribution in [2.45, 2.75) is 31.2 Å². The van der Waals surface area contributed by atoms with Gasteiger partial charge in [-0.25, -0.2) is 18.1 Å². The zero-order valence-electron chi connectivity index (χ0n) is 20.1. The molecule has 0 spiro atoms. The Hall–Kier alpha value is -4.26. The number of anilines is 1. The Morgan fingerprint density at radius 2 is 1.72 bits per heavy atom. The van der Waals surface area contributed by atoms with Gasteiger partial charge < -0.3 is 9.88 Å². The molecule has 2 N–H and O–H groups in total. The Labute approximate surface area is 210 Å². The minimum Gasteiger partial charge on any atom is -0.321 e. The standard InChI is InChI=1S/C27H25N5O3S/c1-27(2,3)31-36(34,35)25-10-5-4-9-23(25)20-11-13-21(14-12-20)30-26(33)24-17-32(18-29-24)22-8-6-7-19(15-22)16-28/h4-15,17-18,31H,1-3H3,(H,30,33). The van der Waals surface area contributed by atoms with Crippen LogP contribution in [0.4, 0.5) is 5.69 Å². The van der Waals surface area contributed by atoms with E-state index in [4.69, 9.17) is 5.26 Å². The second-order valence-corrected chi connectivity index (χ2v) is 10.9. The second-order valence-electron chi connectivity index (χ2n) is 9.21. The van der Waals surface area contributed by atoms with Crippen molar-refractivity contribution in [1.29, 1.82) is 5.26 Å². The third-order valence-corrected chi connectivity index (χ3v) is 6.98. The van der Waals surface area contributed by atoms with Crippen molar-refractivity contribution in [3.8, 4) is 22.9 Å². The summed E-state index contributed by atoms with van der Waals surface area (Å²) in [5.74, 6) is -0.393. The lowest BCUT2D eigenvalue weighted by Gasteiger charge is -2.21. The predicted octanol–water partition coefficient (Wildman–Crippen LogP) is 4.74. The number of sulfonamides is 1. The first-order valence-electron chi connectivity index (χ1n) is 11.1. The van der Waals surface area contributed by atoms with E-state index >= 15 is 0 Å². The van der Waals surface area contributed by atoms with Crippen LogP contribution in [0.25, 0.3) is 16.8 Å². The van der Waals surface area contributed by atoms with Crippen LogP contribution in [0.5, 0.6) is 0 Å². The first-order valence-corrected chi connectivity index (χ1v) is 12.6. The summed E-state index contributed by atoms with van der Waals surface area (Å²) in [5, 5.41) is 11.9. The molecule has 0 aliphatic carbocycles. The number of aromatic nitrogens is 2. The quantitative estimate of drug-likeness (QED) is 0.397. The Morgan fingerprint density at radius 1 is 1.00 bits per heavy atom. The molecule has 1 amide bonds. The van der Waals surface area contributed by atoms with E-state index in [1.807, 2.05) is 6.07 Å². The van der Waals surface area contributed by atoms with Crippen LogP contribution in [0, 0.1) is 11.3 Å². The molecule has 0 aliphatic rings. The van der Waals surface area contributed by atoms with Crippen LogP contribution in [0.1, 0.15) is 36.8 Å². The van der Waals surface area contributed by atoms with Crippen molar-refractivity contribution in [2.24, 2.45) is 0 Å². The first kappa shape index (κ1) is 24.9. The summed E-state index contributed by atoms with van der Waals surface area (Å²) < 4.78 is 30.3. The molecule has 4 rings (SSSR count). The van der Waals surface area contributed by atoms with Gasteiger partial charge in [0.1, 0.15) is 12.0 Å². The molecule has 0 atom stereocenters. The average molecular weight is 500 g/mol. The van der Waals surface area contributed by atoms with Gasteiger partial charge in [-0.05, 0) is 62.7 Å². The van der Waals surface area contributed by atoms with Crippen LogP contribution in [0.15, 0.2) is 90.2 Å². The fraction of sp³-hybridized carbons (Fsp3) is 0.148. The van der Waals surface area contributed by atoms with Gasteiger partial charge in [0.15, 0.2) is 0 Å². The van der Waals surface area contributed by atoms with Gasteiger partial charge in [0, 0.05) is 28.7 Å². The van der Waals surface area contributed by atoms with Crippen molar-refractivity contribution < 1.29 is 13.2 Å². The van der Waals surface area contributed by atoms with E-state index in [9.17, 15) is 13.2 Å². The maximum absolute atomic E-state index is 13.0. The maximum atomic E-state index is 13.0. The van der Waals surface area contributed by atoms with Gasteiger partial charge in [0.05, 0.1) is 16.5 Å². The average Bonchev–Trinajstić information content (AvgIpc) is 3.34. The van der Waals surface area contributed by atoms with Crippen LogP contribution >= 0.6 is 0 Å². The third kappa shape index (κ3) is 5.68. The number of hydrogen-bond acceptors (Lipinski definition) is 5. The molecule has 0 saturated heterocycles. The highest BCUT2D eigenvalue weighted by molar-refractivity contribution is 7.89. The van der Waals surface area contributed by atoms with E-state index in [0.29, 0.717) is 22.4 Å². The molecular formula is C27H25N5O3S. The molecule has 36 heavy (non-hydrogen) atoms. The first-order chi connectivity index (χ1) is 17.1. The summed E-state index contributed by atoms with van der Waals surface area (Å²) in [6.07, 6.45) is 3.10. The zero-order valence-corrected chi connectivity index (χ0v) is 20.9. The minimum atomic E-state index is -3.74. The number of nitrogens with one attached hydrogen (secondary N) is 2. The fourth-order valence-corrected chi connectivity index (χ4v) is 5.29. The Kier molecular flexibility index (Phi) is 6.75. The van der Waals surface area contributed by atoms with Crippen LogP contribution in [0.2, 0.25) is 0 Å². The molecule has 0 unspecified atom stereocenters. The highest BCUT2D eigenvalue weighted by Gasteiger charge is 2.24. The molecule has 3 aromatic carbocycles. The van der Waals surface area contributed by atoms with Gasteiger partial charge in [0.25, 0.3) is 5.91 Å². The number of nitriles is 1. The number of hydrogen-bond donors (Lipinski definition) is 2. The smallest absolute Gasteiger partial charge is 0.275 e. The van der Waals surface area contributed by atoms with Gasteiger partial charge >= 0.3 is 0 Å². The molecule has 1 aromatic heterocycles. The number of carbonyl (C=O) groups excluding carboxylic acids is 1. The number of amides is 1. The highest BCUT2D eigenvalue weighted by Crippen LogP contribution is 2.29. The van der Waals surface area contributed by atoms with E-state index in [1.54, 1.807) is 98.3 Å². The van der Waals surface area contributed by atoms with E-state index in [2.05, 4.69) is 21.1 Å². The van der Waals surface area contributed by atoms with E-state index in [-0.39, 0.29) is 10.6 Å². The molecule has 0 aliphatic heterocycles. The number of carbonyl (C=O) groups is 1. The Balaban J connectivity index is 1.52. The molecule has 4 aromatic rings.